The summed E-state index contributed by atoms with van der Waals surface area (Å²) in [7, 11) is 0. The molecule has 0 aliphatic rings. The number of carboxylic acids is 2. The Hall–Kier alpha value is -2.25. The summed E-state index contributed by atoms with van der Waals surface area (Å²) >= 11 is 0. The van der Waals surface area contributed by atoms with Crippen molar-refractivity contribution >= 4 is 11.9 Å². The summed E-state index contributed by atoms with van der Waals surface area (Å²) in [6.45, 7) is 1.71. The van der Waals surface area contributed by atoms with E-state index in [-0.39, 0.29) is 31.9 Å². The fraction of sp³-hybridized carbons (Fsp3) is 0.500. The van der Waals surface area contributed by atoms with Crippen LogP contribution in [-0.4, -0.2) is 45.6 Å². The summed E-state index contributed by atoms with van der Waals surface area (Å²) in [5, 5.41) is 23.2. The summed E-state index contributed by atoms with van der Waals surface area (Å²) in [6.07, 6.45) is -0.241. The van der Waals surface area contributed by atoms with Crippen LogP contribution in [0.1, 0.15) is 18.4 Å². The minimum atomic E-state index is -0.957. The molecule has 0 aliphatic carbocycles. The lowest BCUT2D eigenvalue weighted by atomic mass is 10.4. The molecule has 0 atom stereocenters. The molecule has 8 nitrogen and oxygen atoms in total. The second-order valence-electron chi connectivity index (χ2n) is 3.47. The number of nitrogens with zero attached hydrogens (tertiary/aromatic N) is 1. The minimum Gasteiger partial charge on any atom is -0.481 e. The van der Waals surface area contributed by atoms with Crippen molar-refractivity contribution in [3.05, 3.63) is 5.56 Å². The smallest absolute Gasteiger partial charge is 0.306 e. The quantitative estimate of drug-likeness (QED) is 0.617. The van der Waals surface area contributed by atoms with Crippen LogP contribution in [0.5, 0.6) is 11.8 Å². The summed E-state index contributed by atoms with van der Waals surface area (Å²) < 4.78 is 10.3. The van der Waals surface area contributed by atoms with Crippen LogP contribution in [0, 0.1) is 6.92 Å². The molecule has 0 saturated carbocycles. The third-order valence-corrected chi connectivity index (χ3v) is 2.04. The summed E-state index contributed by atoms with van der Waals surface area (Å²) in [4.78, 5) is 20.6. The second kappa shape index (κ2) is 6.48. The van der Waals surface area contributed by atoms with Crippen LogP contribution in [-0.2, 0) is 9.59 Å². The Morgan fingerprint density at radius 3 is 2.28 bits per heavy atom. The van der Waals surface area contributed by atoms with E-state index in [4.69, 9.17) is 19.7 Å². The highest BCUT2D eigenvalue weighted by atomic mass is 16.5. The van der Waals surface area contributed by atoms with Crippen LogP contribution in [0.2, 0.25) is 0 Å². The van der Waals surface area contributed by atoms with Gasteiger partial charge >= 0.3 is 11.9 Å². The van der Waals surface area contributed by atoms with E-state index in [2.05, 4.69) is 10.2 Å². The average Bonchev–Trinajstić information content (AvgIpc) is 2.60. The topological polar surface area (TPSA) is 122 Å². The first kappa shape index (κ1) is 13.8. The normalized spacial score (nSPS) is 10.1. The molecule has 0 spiro atoms. The zero-order valence-corrected chi connectivity index (χ0v) is 9.80. The van der Waals surface area contributed by atoms with Crippen LogP contribution >= 0.6 is 0 Å². The fourth-order valence-electron chi connectivity index (χ4n) is 1.12. The van der Waals surface area contributed by atoms with Crippen molar-refractivity contribution in [1.82, 2.24) is 10.2 Å². The Balaban J connectivity index is 2.44. The Morgan fingerprint density at radius 1 is 1.17 bits per heavy atom. The first-order chi connectivity index (χ1) is 8.50. The van der Waals surface area contributed by atoms with Crippen LogP contribution in [0.3, 0.4) is 0 Å². The first-order valence-electron chi connectivity index (χ1n) is 5.25. The van der Waals surface area contributed by atoms with Gasteiger partial charge in [0.05, 0.1) is 18.4 Å². The van der Waals surface area contributed by atoms with Gasteiger partial charge in [-0.1, -0.05) is 0 Å². The number of aromatic nitrogens is 2. The van der Waals surface area contributed by atoms with E-state index in [1.165, 1.54) is 0 Å². The van der Waals surface area contributed by atoms with Gasteiger partial charge in [0.25, 0.3) is 0 Å². The lowest BCUT2D eigenvalue weighted by molar-refractivity contribution is -0.138. The van der Waals surface area contributed by atoms with Crippen LogP contribution < -0.4 is 9.47 Å². The Kier molecular flexibility index (Phi) is 4.97. The van der Waals surface area contributed by atoms with E-state index in [1.54, 1.807) is 6.92 Å². The van der Waals surface area contributed by atoms with Crippen LogP contribution in [0.4, 0.5) is 0 Å². The Labute approximate surface area is 103 Å². The zero-order valence-electron chi connectivity index (χ0n) is 9.80. The van der Waals surface area contributed by atoms with Crippen molar-refractivity contribution in [1.29, 1.82) is 0 Å². The van der Waals surface area contributed by atoms with Crippen molar-refractivity contribution in [2.45, 2.75) is 19.8 Å². The molecule has 0 radical (unpaired) electrons. The second-order valence-corrected chi connectivity index (χ2v) is 3.47. The molecule has 0 aromatic carbocycles. The van der Waals surface area contributed by atoms with Crippen molar-refractivity contribution in [2.24, 2.45) is 0 Å². The van der Waals surface area contributed by atoms with Gasteiger partial charge in [-0.3, -0.25) is 9.59 Å². The van der Waals surface area contributed by atoms with Gasteiger partial charge in [-0.2, -0.15) is 0 Å². The van der Waals surface area contributed by atoms with Crippen LogP contribution in [0.15, 0.2) is 0 Å². The largest absolute Gasteiger partial charge is 0.481 e. The predicted molar refractivity (Wildman–Crippen MR) is 58.8 cm³/mol. The maximum atomic E-state index is 10.3. The molecule has 0 unspecified atom stereocenters. The molecule has 1 aromatic heterocycles. The number of H-pyrrole nitrogens is 1. The fourth-order valence-corrected chi connectivity index (χ4v) is 1.12. The number of aliphatic carboxylic acids is 2. The summed E-state index contributed by atoms with van der Waals surface area (Å²) in [6, 6.07) is 0. The number of hydrogen-bond acceptors (Lipinski definition) is 5. The maximum Gasteiger partial charge on any atom is 0.306 e. The van der Waals surface area contributed by atoms with E-state index >= 15 is 0 Å². The van der Waals surface area contributed by atoms with Gasteiger partial charge in [0, 0.05) is 0 Å². The van der Waals surface area contributed by atoms with Gasteiger partial charge in [-0.15, -0.1) is 5.10 Å². The lowest BCUT2D eigenvalue weighted by Gasteiger charge is -2.03. The number of nitrogens with one attached hydrogen (secondary N) is 1. The molecule has 0 fully saturated rings. The molecule has 0 amide bonds. The number of hydrogen-bond donors (Lipinski definition) is 3. The highest BCUT2D eigenvalue weighted by Crippen LogP contribution is 2.23. The molecular formula is C10H14N2O6. The molecule has 0 aliphatic heterocycles. The third-order valence-electron chi connectivity index (χ3n) is 2.04. The molecule has 1 heterocycles. The molecular weight excluding hydrogens is 244 g/mol. The van der Waals surface area contributed by atoms with Crippen molar-refractivity contribution in [3.63, 3.8) is 0 Å². The Bertz CT molecular complexity index is 391. The summed E-state index contributed by atoms with van der Waals surface area (Å²) in [5.41, 5.74) is 0.575. The first-order valence-corrected chi connectivity index (χ1v) is 5.25. The van der Waals surface area contributed by atoms with Gasteiger partial charge in [0.1, 0.15) is 13.2 Å². The van der Waals surface area contributed by atoms with Gasteiger partial charge in [-0.25, -0.2) is 5.10 Å². The molecule has 100 valence electrons. The predicted octanol–water partition coefficient (Wildman–Crippen LogP) is 0.425. The van der Waals surface area contributed by atoms with Gasteiger partial charge < -0.3 is 19.7 Å². The van der Waals surface area contributed by atoms with Gasteiger partial charge in [0.2, 0.25) is 11.8 Å². The minimum absolute atomic E-state index is 0.00952. The molecule has 0 saturated heterocycles. The molecule has 3 N–H and O–H groups in total. The number of ether oxygens (including phenoxy) is 2. The van der Waals surface area contributed by atoms with E-state index in [0.717, 1.165) is 0 Å². The monoisotopic (exact) mass is 258 g/mol. The highest BCUT2D eigenvalue weighted by molar-refractivity contribution is 5.67. The molecule has 8 heteroatoms. The molecule has 1 rings (SSSR count). The van der Waals surface area contributed by atoms with E-state index < -0.39 is 11.9 Å². The average molecular weight is 258 g/mol. The van der Waals surface area contributed by atoms with Crippen molar-refractivity contribution in [3.8, 4) is 11.8 Å². The van der Waals surface area contributed by atoms with Gasteiger partial charge in [0.15, 0.2) is 0 Å². The molecule has 1 aromatic rings. The number of carbonyl (C=O) groups is 2. The van der Waals surface area contributed by atoms with Gasteiger partial charge in [-0.05, 0) is 6.92 Å². The van der Waals surface area contributed by atoms with Crippen molar-refractivity contribution in [2.75, 3.05) is 13.2 Å². The maximum absolute atomic E-state index is 10.3. The van der Waals surface area contributed by atoms with E-state index in [0.29, 0.717) is 11.4 Å². The SMILES string of the molecule is Cc1c(OCCC(=O)O)n[nH]c1OCCC(=O)O. The van der Waals surface area contributed by atoms with E-state index in [9.17, 15) is 9.59 Å². The summed E-state index contributed by atoms with van der Waals surface area (Å²) in [5.74, 6) is -1.34. The molecule has 18 heavy (non-hydrogen) atoms. The van der Waals surface area contributed by atoms with Crippen molar-refractivity contribution < 1.29 is 29.3 Å². The van der Waals surface area contributed by atoms with E-state index in [1.807, 2.05) is 0 Å². The third kappa shape index (κ3) is 4.32. The molecule has 0 bridgehead atoms. The number of carboxylic acid groups (broad SMARTS) is 2. The zero-order chi connectivity index (χ0) is 13.5. The number of aromatic amines is 1. The lowest BCUT2D eigenvalue weighted by Crippen LogP contribution is -2.06. The van der Waals surface area contributed by atoms with Crippen LogP contribution in [0.25, 0.3) is 0 Å². The Morgan fingerprint density at radius 2 is 1.72 bits per heavy atom. The number of rotatable bonds is 8. The highest BCUT2D eigenvalue weighted by Gasteiger charge is 2.12. The standard InChI is InChI=1S/C10H14N2O6/c1-6-9(17-4-2-7(13)14)11-12-10(6)18-5-3-8(15)16/h2-5H2,1H3,(H,11,12)(H,13,14)(H,15,16).